The Morgan fingerprint density at radius 1 is 1.12 bits per heavy atom. The van der Waals surface area contributed by atoms with E-state index in [9.17, 15) is 10.4 Å². The van der Waals surface area contributed by atoms with Crippen molar-refractivity contribution in [2.75, 3.05) is 7.11 Å². The quantitative estimate of drug-likeness (QED) is 0.672. The molecule has 0 amide bonds. The lowest BCUT2D eigenvalue weighted by atomic mass is 9.97. The summed E-state index contributed by atoms with van der Waals surface area (Å²) in [5.74, 6) is 0.899. The number of pyridine rings is 1. The smallest absolute Gasteiger partial charge is 0.133 e. The lowest BCUT2D eigenvalue weighted by Gasteiger charge is -2.12. The molecule has 0 aliphatic heterocycles. The van der Waals surface area contributed by atoms with E-state index in [-0.39, 0.29) is 5.75 Å². The highest BCUT2D eigenvalue weighted by atomic mass is 79.9. The number of aryl methyl sites for hydroxylation is 1. The minimum atomic E-state index is 0.176. The average Bonchev–Trinajstić information content (AvgIpc) is 2.61. The number of aromatic hydroxyl groups is 1. The summed E-state index contributed by atoms with van der Waals surface area (Å²) in [5.41, 5.74) is 4.34. The molecule has 2 aromatic carbocycles. The van der Waals surface area contributed by atoms with Gasteiger partial charge in [0.25, 0.3) is 0 Å². The van der Waals surface area contributed by atoms with Crippen LogP contribution in [0.3, 0.4) is 0 Å². The van der Waals surface area contributed by atoms with Crippen molar-refractivity contribution >= 4 is 15.9 Å². The summed E-state index contributed by atoms with van der Waals surface area (Å²) in [6.07, 6.45) is 0. The molecule has 0 radical (unpaired) electrons. The minimum absolute atomic E-state index is 0.176. The maximum Gasteiger partial charge on any atom is 0.133 e. The van der Waals surface area contributed by atoms with Gasteiger partial charge in [-0.25, -0.2) is 0 Å². The second-order valence-corrected chi connectivity index (χ2v) is 6.38. The lowest BCUT2D eigenvalue weighted by molar-refractivity contribution is 0.412. The number of halogens is 1. The van der Waals surface area contributed by atoms with Crippen LogP contribution in [0.2, 0.25) is 0 Å². The van der Waals surface area contributed by atoms with Crippen LogP contribution in [0.1, 0.15) is 11.3 Å². The standard InChI is InChI=1S/C20H15BrN2O2/c1-12-17(11-22)16(13-6-7-20(25-2)18(21)9-13)10-19(23-12)14-4-3-5-15(24)8-14/h3-10,24H,1-2H3. The molecule has 3 rings (SSSR count). The molecular formula is C20H15BrN2O2. The van der Waals surface area contributed by atoms with E-state index in [0.717, 1.165) is 26.9 Å². The van der Waals surface area contributed by atoms with Crippen LogP contribution in [0.25, 0.3) is 22.4 Å². The number of phenols is 1. The summed E-state index contributed by atoms with van der Waals surface area (Å²) >= 11 is 3.49. The van der Waals surface area contributed by atoms with Gasteiger partial charge in [-0.15, -0.1) is 0 Å². The molecule has 5 heteroatoms. The summed E-state index contributed by atoms with van der Waals surface area (Å²) in [6.45, 7) is 1.81. The lowest BCUT2D eigenvalue weighted by Crippen LogP contribution is -1.96. The zero-order valence-corrected chi connectivity index (χ0v) is 15.3. The second-order valence-electron chi connectivity index (χ2n) is 5.53. The van der Waals surface area contributed by atoms with E-state index >= 15 is 0 Å². The zero-order valence-electron chi connectivity index (χ0n) is 13.7. The number of methoxy groups -OCH3 is 1. The fourth-order valence-corrected chi connectivity index (χ4v) is 3.23. The zero-order chi connectivity index (χ0) is 18.0. The molecule has 0 saturated carbocycles. The third kappa shape index (κ3) is 3.35. The normalized spacial score (nSPS) is 10.3. The molecule has 124 valence electrons. The first-order valence-electron chi connectivity index (χ1n) is 7.58. The van der Waals surface area contributed by atoms with Gasteiger partial charge in [-0.2, -0.15) is 5.26 Å². The highest BCUT2D eigenvalue weighted by Crippen LogP contribution is 2.35. The Balaban J connectivity index is 2.22. The van der Waals surface area contributed by atoms with Crippen molar-refractivity contribution in [3.8, 4) is 40.0 Å². The van der Waals surface area contributed by atoms with Crippen molar-refractivity contribution < 1.29 is 9.84 Å². The van der Waals surface area contributed by atoms with Gasteiger partial charge in [-0.3, -0.25) is 4.98 Å². The summed E-state index contributed by atoms with van der Waals surface area (Å²) in [4.78, 5) is 4.53. The van der Waals surface area contributed by atoms with Gasteiger partial charge >= 0.3 is 0 Å². The van der Waals surface area contributed by atoms with Crippen LogP contribution in [-0.2, 0) is 0 Å². The molecule has 0 bridgehead atoms. The van der Waals surface area contributed by atoms with Crippen LogP contribution in [0.15, 0.2) is 53.0 Å². The van der Waals surface area contributed by atoms with Gasteiger partial charge in [0, 0.05) is 11.1 Å². The van der Waals surface area contributed by atoms with Gasteiger partial charge in [0.2, 0.25) is 0 Å². The predicted octanol–water partition coefficient (Wildman–Crippen LogP) is 5.07. The fourth-order valence-electron chi connectivity index (χ4n) is 2.69. The van der Waals surface area contributed by atoms with Crippen molar-refractivity contribution in [3.63, 3.8) is 0 Å². The third-order valence-electron chi connectivity index (χ3n) is 3.92. The van der Waals surface area contributed by atoms with E-state index in [1.807, 2.05) is 37.3 Å². The van der Waals surface area contributed by atoms with Crippen LogP contribution in [0.5, 0.6) is 11.5 Å². The Bertz CT molecular complexity index is 993. The third-order valence-corrected chi connectivity index (χ3v) is 4.54. The predicted molar refractivity (Wildman–Crippen MR) is 100 cm³/mol. The fraction of sp³-hybridized carbons (Fsp3) is 0.100. The molecule has 25 heavy (non-hydrogen) atoms. The topological polar surface area (TPSA) is 66.1 Å². The van der Waals surface area contributed by atoms with E-state index in [1.54, 1.807) is 25.3 Å². The van der Waals surface area contributed by atoms with Gasteiger partial charge in [0.1, 0.15) is 17.6 Å². The molecule has 0 atom stereocenters. The largest absolute Gasteiger partial charge is 0.508 e. The number of nitrogens with zero attached hydrogens (tertiary/aromatic N) is 2. The Labute approximate surface area is 154 Å². The van der Waals surface area contributed by atoms with Gasteiger partial charge in [0.05, 0.1) is 28.5 Å². The van der Waals surface area contributed by atoms with Gasteiger partial charge in [-0.1, -0.05) is 18.2 Å². The van der Waals surface area contributed by atoms with Crippen LogP contribution < -0.4 is 4.74 Å². The molecule has 1 aromatic heterocycles. The van der Waals surface area contributed by atoms with Crippen LogP contribution in [-0.4, -0.2) is 17.2 Å². The number of phenolic OH excluding ortho intramolecular Hbond substituents is 1. The molecule has 0 aliphatic rings. The first kappa shape index (κ1) is 17.0. The van der Waals surface area contributed by atoms with E-state index in [0.29, 0.717) is 17.0 Å². The molecule has 0 unspecified atom stereocenters. The average molecular weight is 395 g/mol. The molecule has 0 fully saturated rings. The van der Waals surface area contributed by atoms with Crippen molar-refractivity contribution in [2.24, 2.45) is 0 Å². The summed E-state index contributed by atoms with van der Waals surface area (Å²) in [7, 11) is 1.61. The van der Waals surface area contributed by atoms with Crippen molar-refractivity contribution in [3.05, 3.63) is 64.3 Å². The molecule has 0 spiro atoms. The monoisotopic (exact) mass is 394 g/mol. The second kappa shape index (κ2) is 6.96. The number of aromatic nitrogens is 1. The van der Waals surface area contributed by atoms with Crippen LogP contribution in [0, 0.1) is 18.3 Å². The molecule has 4 nitrogen and oxygen atoms in total. The van der Waals surface area contributed by atoms with E-state index < -0.39 is 0 Å². The van der Waals surface area contributed by atoms with E-state index in [1.165, 1.54) is 0 Å². The molecular weight excluding hydrogens is 380 g/mol. The number of hydrogen-bond donors (Lipinski definition) is 1. The Hall–Kier alpha value is -2.84. The Kier molecular flexibility index (Phi) is 4.73. The maximum absolute atomic E-state index is 9.72. The number of ether oxygens (including phenoxy) is 1. The Morgan fingerprint density at radius 2 is 1.92 bits per heavy atom. The SMILES string of the molecule is COc1ccc(-c2cc(-c3cccc(O)c3)nc(C)c2C#N)cc1Br. The summed E-state index contributed by atoms with van der Waals surface area (Å²) in [6, 6.07) is 16.7. The minimum Gasteiger partial charge on any atom is -0.508 e. The molecule has 0 saturated heterocycles. The van der Waals surface area contributed by atoms with Crippen molar-refractivity contribution in [1.29, 1.82) is 5.26 Å². The van der Waals surface area contributed by atoms with Crippen LogP contribution in [0.4, 0.5) is 0 Å². The van der Waals surface area contributed by atoms with Crippen molar-refractivity contribution in [2.45, 2.75) is 6.92 Å². The first-order chi connectivity index (χ1) is 12.0. The molecule has 1 heterocycles. The van der Waals surface area contributed by atoms with Crippen LogP contribution >= 0.6 is 15.9 Å². The van der Waals surface area contributed by atoms with Gasteiger partial charge in [-0.05, 0) is 58.7 Å². The number of hydrogen-bond acceptors (Lipinski definition) is 4. The highest BCUT2D eigenvalue weighted by molar-refractivity contribution is 9.10. The molecule has 0 aliphatic carbocycles. The molecule has 1 N–H and O–H groups in total. The number of benzene rings is 2. The van der Waals surface area contributed by atoms with E-state index in [4.69, 9.17) is 4.74 Å². The Morgan fingerprint density at radius 3 is 2.56 bits per heavy atom. The number of rotatable bonds is 3. The summed E-state index contributed by atoms with van der Waals surface area (Å²) < 4.78 is 6.08. The highest BCUT2D eigenvalue weighted by Gasteiger charge is 2.14. The molecule has 3 aromatic rings. The number of nitriles is 1. The van der Waals surface area contributed by atoms with E-state index in [2.05, 4.69) is 27.0 Å². The maximum atomic E-state index is 9.72. The van der Waals surface area contributed by atoms with Gasteiger partial charge in [0.15, 0.2) is 0 Å². The first-order valence-corrected chi connectivity index (χ1v) is 8.38. The van der Waals surface area contributed by atoms with Crippen molar-refractivity contribution in [1.82, 2.24) is 4.98 Å². The van der Waals surface area contributed by atoms with Gasteiger partial charge < -0.3 is 9.84 Å². The summed E-state index contributed by atoms with van der Waals surface area (Å²) in [5, 5.41) is 19.3.